The maximum absolute atomic E-state index is 14.3. The number of rotatable bonds is 2. The first kappa shape index (κ1) is 20.4. The Hall–Kier alpha value is -3.00. The van der Waals surface area contributed by atoms with Crippen molar-refractivity contribution < 1.29 is 14.4 Å². The van der Waals surface area contributed by atoms with E-state index in [-0.39, 0.29) is 23.6 Å². The molecule has 0 radical (unpaired) electrons. The van der Waals surface area contributed by atoms with Gasteiger partial charge in [-0.25, -0.2) is 0 Å². The smallest absolute Gasteiger partial charge is 0.251 e. The van der Waals surface area contributed by atoms with Gasteiger partial charge in [-0.2, -0.15) is 0 Å². The molecule has 2 amide bonds. The van der Waals surface area contributed by atoms with Crippen molar-refractivity contribution in [3.63, 3.8) is 0 Å². The van der Waals surface area contributed by atoms with E-state index < -0.39 is 16.9 Å². The fraction of sp³-hybridized carbons (Fsp3) is 0.269. The lowest BCUT2D eigenvalue weighted by atomic mass is 9.57. The average molecular weight is 490 g/mol. The van der Waals surface area contributed by atoms with Crippen LogP contribution in [0.5, 0.6) is 0 Å². The number of para-hydroxylation sites is 2. The molecule has 34 heavy (non-hydrogen) atoms. The molecule has 4 aliphatic heterocycles. The molecule has 2 aromatic carbocycles. The molecule has 7 rings (SSSR count). The van der Waals surface area contributed by atoms with Crippen LogP contribution in [-0.4, -0.2) is 35.1 Å². The van der Waals surface area contributed by atoms with E-state index in [1.807, 2.05) is 53.9 Å². The Balaban J connectivity index is 1.62. The molecule has 5 heterocycles. The number of halogens is 1. The third kappa shape index (κ3) is 2.10. The minimum absolute atomic E-state index is 0.0843. The number of fused-ring (bicyclic) bond motifs is 7. The summed E-state index contributed by atoms with van der Waals surface area (Å²) in [6.45, 7) is 0.620. The number of benzene rings is 2. The van der Waals surface area contributed by atoms with Gasteiger partial charge < -0.3 is 10.6 Å². The van der Waals surface area contributed by atoms with Crippen molar-refractivity contribution in [1.82, 2.24) is 4.90 Å². The van der Waals surface area contributed by atoms with E-state index in [1.165, 1.54) is 11.3 Å². The lowest BCUT2D eigenvalue weighted by Gasteiger charge is -2.43. The Morgan fingerprint density at radius 1 is 1.00 bits per heavy atom. The third-order valence-electron chi connectivity index (χ3n) is 8.13. The van der Waals surface area contributed by atoms with Crippen molar-refractivity contribution in [1.29, 1.82) is 0 Å². The minimum atomic E-state index is -1.42. The predicted molar refractivity (Wildman–Crippen MR) is 130 cm³/mol. The van der Waals surface area contributed by atoms with E-state index in [0.29, 0.717) is 38.9 Å². The van der Waals surface area contributed by atoms with Crippen LogP contribution in [0.1, 0.15) is 33.6 Å². The van der Waals surface area contributed by atoms with Crippen LogP contribution in [0.2, 0.25) is 5.02 Å². The van der Waals surface area contributed by atoms with Gasteiger partial charge >= 0.3 is 0 Å². The van der Waals surface area contributed by atoms with Gasteiger partial charge in [0.15, 0.2) is 5.78 Å². The molecule has 4 aliphatic rings. The quantitative estimate of drug-likeness (QED) is 0.522. The first-order valence-corrected chi connectivity index (χ1v) is 12.6. The Bertz CT molecular complexity index is 1410. The summed E-state index contributed by atoms with van der Waals surface area (Å²) in [6, 6.07) is 16.3. The Kier molecular flexibility index (Phi) is 4.06. The second-order valence-electron chi connectivity index (χ2n) is 9.36. The molecule has 2 N–H and O–H groups in total. The lowest BCUT2D eigenvalue weighted by Crippen LogP contribution is -2.62. The van der Waals surface area contributed by atoms with E-state index in [0.717, 1.165) is 12.8 Å². The summed E-state index contributed by atoms with van der Waals surface area (Å²) in [4.78, 5) is 45.5. The van der Waals surface area contributed by atoms with Crippen LogP contribution in [0.4, 0.5) is 11.4 Å². The molecule has 0 aliphatic carbocycles. The first-order chi connectivity index (χ1) is 16.5. The van der Waals surface area contributed by atoms with Crippen molar-refractivity contribution in [3.8, 4) is 0 Å². The fourth-order valence-electron chi connectivity index (χ4n) is 7.14. The monoisotopic (exact) mass is 489 g/mol. The molecule has 0 saturated carbocycles. The zero-order valence-corrected chi connectivity index (χ0v) is 19.6. The molecular weight excluding hydrogens is 470 g/mol. The summed E-state index contributed by atoms with van der Waals surface area (Å²) in [5, 5.41) is 8.34. The zero-order valence-electron chi connectivity index (χ0n) is 18.0. The molecular formula is C26H20ClN3O3S. The molecule has 8 heteroatoms. The lowest BCUT2D eigenvalue weighted by molar-refractivity contribution is -0.137. The van der Waals surface area contributed by atoms with Gasteiger partial charge in [-0.05, 0) is 48.5 Å². The maximum atomic E-state index is 14.3. The number of carbonyl (C=O) groups is 3. The minimum Gasteiger partial charge on any atom is -0.325 e. The number of nitrogens with zero attached hydrogens (tertiary/aromatic N) is 1. The summed E-state index contributed by atoms with van der Waals surface area (Å²) >= 11 is 7.93. The largest absolute Gasteiger partial charge is 0.325 e. The highest BCUT2D eigenvalue weighted by molar-refractivity contribution is 7.12. The van der Waals surface area contributed by atoms with Crippen LogP contribution >= 0.6 is 22.9 Å². The van der Waals surface area contributed by atoms with Crippen LogP contribution in [0.3, 0.4) is 0 Å². The van der Waals surface area contributed by atoms with Crippen LogP contribution in [0.15, 0.2) is 60.0 Å². The first-order valence-electron chi connectivity index (χ1n) is 11.4. The SMILES string of the molecule is O=C(c1cccs1)C1C2CCCN2C2(C(=O)Nc3c(Cl)cccc32)C12C(=O)Nc1ccccc12. The molecule has 170 valence electrons. The van der Waals surface area contributed by atoms with E-state index in [1.54, 1.807) is 6.07 Å². The highest BCUT2D eigenvalue weighted by atomic mass is 35.5. The van der Waals surface area contributed by atoms with Gasteiger partial charge in [-0.15, -0.1) is 11.3 Å². The van der Waals surface area contributed by atoms with Crippen molar-refractivity contribution >= 4 is 51.9 Å². The van der Waals surface area contributed by atoms with Gasteiger partial charge in [0, 0.05) is 17.3 Å². The van der Waals surface area contributed by atoms with Crippen molar-refractivity contribution in [2.75, 3.05) is 17.2 Å². The van der Waals surface area contributed by atoms with E-state index in [9.17, 15) is 14.4 Å². The van der Waals surface area contributed by atoms with Crippen molar-refractivity contribution in [3.05, 3.63) is 81.0 Å². The van der Waals surface area contributed by atoms with Crippen molar-refractivity contribution in [2.45, 2.75) is 29.8 Å². The van der Waals surface area contributed by atoms with Gasteiger partial charge in [0.05, 0.1) is 21.5 Å². The average Bonchev–Trinajstić information content (AvgIpc) is 3.62. The maximum Gasteiger partial charge on any atom is 0.251 e. The highest BCUT2D eigenvalue weighted by Gasteiger charge is 2.81. The Labute approximate surface area is 204 Å². The van der Waals surface area contributed by atoms with Crippen LogP contribution < -0.4 is 10.6 Å². The fourth-order valence-corrected chi connectivity index (χ4v) is 8.07. The topological polar surface area (TPSA) is 78.5 Å². The standard InChI is InChI=1S/C26H20ClN3O3S/c27-16-8-3-7-15-21(16)29-24(33)26(15)25(14-6-1-2-9-17(14)28-23(25)32)20(18-10-4-12-30(18)26)22(31)19-11-5-13-34-19/h1-3,5-9,11,13,18,20H,4,10,12H2,(H,28,32)(H,29,33). The van der Waals surface area contributed by atoms with E-state index in [2.05, 4.69) is 15.5 Å². The number of hydrogen-bond donors (Lipinski definition) is 2. The number of anilines is 2. The number of ketones is 1. The van der Waals surface area contributed by atoms with Crippen LogP contribution in [-0.2, 0) is 20.5 Å². The van der Waals surface area contributed by atoms with E-state index in [4.69, 9.17) is 11.6 Å². The predicted octanol–water partition coefficient (Wildman–Crippen LogP) is 4.42. The number of amides is 2. The van der Waals surface area contributed by atoms with Gasteiger partial charge in [0.25, 0.3) is 5.91 Å². The molecule has 3 aromatic rings. The molecule has 0 bridgehead atoms. The van der Waals surface area contributed by atoms with Crippen LogP contribution in [0.25, 0.3) is 0 Å². The number of carbonyl (C=O) groups excluding carboxylic acids is 3. The van der Waals surface area contributed by atoms with Crippen molar-refractivity contribution in [2.24, 2.45) is 5.92 Å². The molecule has 2 spiro atoms. The number of hydrogen-bond acceptors (Lipinski definition) is 5. The molecule has 2 saturated heterocycles. The number of thiophene rings is 1. The zero-order chi connectivity index (χ0) is 23.2. The normalized spacial score (nSPS) is 31.0. The summed E-state index contributed by atoms with van der Waals surface area (Å²) in [6.07, 6.45) is 1.59. The molecule has 1 aromatic heterocycles. The summed E-state index contributed by atoms with van der Waals surface area (Å²) in [7, 11) is 0. The van der Waals surface area contributed by atoms with Gasteiger partial charge in [0.1, 0.15) is 11.0 Å². The van der Waals surface area contributed by atoms with Gasteiger partial charge in [-0.3, -0.25) is 19.3 Å². The molecule has 6 nitrogen and oxygen atoms in total. The van der Waals surface area contributed by atoms with Gasteiger partial charge in [-0.1, -0.05) is 48.0 Å². The number of Topliss-reactive ketones (excluding diaryl/α,β-unsaturated/α-hetero) is 1. The summed E-state index contributed by atoms with van der Waals surface area (Å²) in [5.74, 6) is -1.40. The Morgan fingerprint density at radius 3 is 2.65 bits per heavy atom. The second-order valence-corrected chi connectivity index (χ2v) is 10.7. The second kappa shape index (κ2) is 6.78. The molecule has 4 unspecified atom stereocenters. The summed E-state index contributed by atoms with van der Waals surface area (Å²) in [5.41, 5.74) is -0.239. The highest BCUT2D eigenvalue weighted by Crippen LogP contribution is 2.68. The van der Waals surface area contributed by atoms with Crippen LogP contribution in [0, 0.1) is 5.92 Å². The summed E-state index contributed by atoms with van der Waals surface area (Å²) < 4.78 is 0. The van der Waals surface area contributed by atoms with E-state index >= 15 is 0 Å². The Morgan fingerprint density at radius 2 is 1.82 bits per heavy atom. The van der Waals surface area contributed by atoms with Gasteiger partial charge in [0.2, 0.25) is 5.91 Å². The molecule has 2 fully saturated rings. The molecule has 4 atom stereocenters. The third-order valence-corrected chi connectivity index (χ3v) is 9.33. The number of nitrogens with one attached hydrogen (secondary N) is 2.